The van der Waals surface area contributed by atoms with Crippen LogP contribution in [0.15, 0.2) is 53.4 Å². The van der Waals surface area contributed by atoms with E-state index in [1.54, 1.807) is 0 Å². The highest BCUT2D eigenvalue weighted by Gasteiger charge is 2.30. The molecule has 6 nitrogen and oxygen atoms in total. The summed E-state index contributed by atoms with van der Waals surface area (Å²) in [7, 11) is -2.55. The topological polar surface area (TPSA) is 83.9 Å². The van der Waals surface area contributed by atoms with E-state index < -0.39 is 33.4 Å². The van der Waals surface area contributed by atoms with Crippen molar-refractivity contribution in [2.24, 2.45) is 0 Å². The molecular weight excluding hydrogens is 399 g/mol. The summed E-state index contributed by atoms with van der Waals surface area (Å²) in [5, 5.41) is 9.71. The molecule has 0 radical (unpaired) electrons. The molecule has 0 aliphatic heterocycles. The van der Waals surface area contributed by atoms with Gasteiger partial charge in [-0.25, -0.2) is 13.5 Å². The van der Waals surface area contributed by atoms with Gasteiger partial charge >= 0.3 is 6.18 Å². The molecule has 0 aliphatic rings. The van der Waals surface area contributed by atoms with E-state index in [0.717, 1.165) is 12.1 Å². The summed E-state index contributed by atoms with van der Waals surface area (Å²) in [6, 6.07) is 8.98. The van der Waals surface area contributed by atoms with Gasteiger partial charge in [0.2, 0.25) is 6.41 Å². The highest BCUT2D eigenvalue weighted by molar-refractivity contribution is 7.91. The van der Waals surface area contributed by atoms with Crippen LogP contribution in [0.4, 0.5) is 13.2 Å². The molecule has 0 saturated carbocycles. The van der Waals surface area contributed by atoms with Crippen LogP contribution in [0, 0.1) is 0 Å². The minimum atomic E-state index is -4.43. The average Bonchev–Trinajstić information content (AvgIpc) is 2.66. The lowest BCUT2D eigenvalue weighted by Gasteiger charge is -2.21. The molecule has 0 aliphatic carbocycles. The van der Waals surface area contributed by atoms with Crippen molar-refractivity contribution < 1.29 is 36.3 Å². The van der Waals surface area contributed by atoms with Crippen LogP contribution in [-0.4, -0.2) is 50.6 Å². The Hall–Kier alpha value is -2.43. The van der Waals surface area contributed by atoms with Crippen LogP contribution in [0.3, 0.4) is 0 Å². The van der Waals surface area contributed by atoms with Gasteiger partial charge in [-0.2, -0.15) is 13.2 Å². The predicted molar refractivity (Wildman–Crippen MR) is 94.3 cm³/mol. The zero-order valence-electron chi connectivity index (χ0n) is 14.8. The number of methoxy groups -OCH3 is 1. The Morgan fingerprint density at radius 3 is 2.00 bits per heavy atom. The van der Waals surface area contributed by atoms with Crippen LogP contribution >= 0.6 is 0 Å². The summed E-state index contributed by atoms with van der Waals surface area (Å²) >= 11 is 0. The molecule has 0 heterocycles. The summed E-state index contributed by atoms with van der Waals surface area (Å²) < 4.78 is 67.7. The monoisotopic (exact) mass is 417 g/mol. The third-order valence-corrected chi connectivity index (χ3v) is 5.83. The second kappa shape index (κ2) is 8.72. The molecule has 10 heteroatoms. The number of amides is 1. The van der Waals surface area contributed by atoms with Crippen molar-refractivity contribution >= 4 is 16.2 Å². The molecule has 28 heavy (non-hydrogen) atoms. The maximum atomic E-state index is 12.6. The first-order chi connectivity index (χ1) is 13.1. The van der Waals surface area contributed by atoms with E-state index in [9.17, 15) is 31.6 Å². The molecule has 0 spiro atoms. The summed E-state index contributed by atoms with van der Waals surface area (Å²) in [6.07, 6.45) is -4.34. The Bertz CT molecular complexity index is 896. The molecule has 0 fully saturated rings. The van der Waals surface area contributed by atoms with Gasteiger partial charge in [-0.3, -0.25) is 10.0 Å². The standard InChI is InChI=1S/C18H18F3NO5S/c1-27-10-16(22(24)12-23)11-28(25,26)17-8-4-14(5-9-17)13-2-6-15(7-3-13)18(19,20)21/h2-9,12,16,24H,10-11H2,1H3. The molecule has 0 aromatic heterocycles. The van der Waals surface area contributed by atoms with E-state index in [2.05, 4.69) is 0 Å². The van der Waals surface area contributed by atoms with E-state index >= 15 is 0 Å². The minimum absolute atomic E-state index is 0.0523. The lowest BCUT2D eigenvalue weighted by atomic mass is 10.0. The molecule has 1 N–H and O–H groups in total. The average molecular weight is 417 g/mol. The lowest BCUT2D eigenvalue weighted by Crippen LogP contribution is -2.40. The number of alkyl halides is 3. The quantitative estimate of drug-likeness (QED) is 0.406. The molecule has 0 bridgehead atoms. The maximum absolute atomic E-state index is 12.6. The van der Waals surface area contributed by atoms with Gasteiger partial charge in [0.1, 0.15) is 0 Å². The summed E-state index contributed by atoms with van der Waals surface area (Å²) in [6.45, 7) is -0.182. The van der Waals surface area contributed by atoms with Crippen LogP contribution in [0.5, 0.6) is 0 Å². The van der Waals surface area contributed by atoms with Gasteiger partial charge in [-0.15, -0.1) is 0 Å². The highest BCUT2D eigenvalue weighted by Crippen LogP contribution is 2.31. The van der Waals surface area contributed by atoms with Gasteiger partial charge in [-0.1, -0.05) is 24.3 Å². The van der Waals surface area contributed by atoms with Gasteiger partial charge in [0.05, 0.1) is 28.9 Å². The van der Waals surface area contributed by atoms with Crippen LogP contribution in [0.1, 0.15) is 5.56 Å². The summed E-state index contributed by atoms with van der Waals surface area (Å²) in [4.78, 5) is 10.6. The lowest BCUT2D eigenvalue weighted by molar-refractivity contribution is -0.162. The Labute approximate surface area is 160 Å². The van der Waals surface area contributed by atoms with Crippen molar-refractivity contribution in [2.75, 3.05) is 19.5 Å². The van der Waals surface area contributed by atoms with Gasteiger partial charge in [0.25, 0.3) is 0 Å². The molecule has 152 valence electrons. The predicted octanol–water partition coefficient (Wildman–Crippen LogP) is 3.01. The maximum Gasteiger partial charge on any atom is 0.416 e. The first-order valence-corrected chi connectivity index (χ1v) is 9.65. The van der Waals surface area contributed by atoms with Crippen LogP contribution < -0.4 is 0 Å². The molecule has 2 rings (SSSR count). The van der Waals surface area contributed by atoms with E-state index in [4.69, 9.17) is 4.74 Å². The van der Waals surface area contributed by atoms with Crippen molar-refractivity contribution in [3.05, 3.63) is 54.1 Å². The second-order valence-corrected chi connectivity index (χ2v) is 8.01. The fraction of sp³-hybridized carbons (Fsp3) is 0.278. The zero-order chi connectivity index (χ0) is 20.9. The minimum Gasteiger partial charge on any atom is -0.382 e. The first-order valence-electron chi connectivity index (χ1n) is 8.00. The normalized spacial score (nSPS) is 13.2. The molecule has 1 amide bonds. The van der Waals surface area contributed by atoms with Gasteiger partial charge in [0, 0.05) is 7.11 Å². The smallest absolute Gasteiger partial charge is 0.382 e. The van der Waals surface area contributed by atoms with Crippen LogP contribution in [0.25, 0.3) is 11.1 Å². The number of rotatable bonds is 8. The fourth-order valence-corrected chi connectivity index (χ4v) is 4.03. The third-order valence-electron chi connectivity index (χ3n) is 4.01. The van der Waals surface area contributed by atoms with E-state index in [-0.39, 0.29) is 23.0 Å². The Balaban J connectivity index is 2.22. The number of nitrogens with zero attached hydrogens (tertiary/aromatic N) is 1. The van der Waals surface area contributed by atoms with Gasteiger partial charge in [0.15, 0.2) is 9.84 Å². The molecule has 2 aromatic carbocycles. The number of benzene rings is 2. The molecule has 2 aromatic rings. The number of hydrogen-bond acceptors (Lipinski definition) is 5. The van der Waals surface area contributed by atoms with E-state index in [1.165, 1.54) is 43.5 Å². The largest absolute Gasteiger partial charge is 0.416 e. The van der Waals surface area contributed by atoms with E-state index in [1.807, 2.05) is 0 Å². The summed E-state index contributed by atoms with van der Waals surface area (Å²) in [5.41, 5.74) is 0.262. The Kier molecular flexibility index (Phi) is 6.81. The zero-order valence-corrected chi connectivity index (χ0v) is 15.6. The Morgan fingerprint density at radius 2 is 1.57 bits per heavy atom. The molecule has 1 unspecified atom stereocenters. The number of hydroxylamine groups is 2. The molecule has 0 saturated heterocycles. The van der Waals surface area contributed by atoms with Crippen LogP contribution in [-0.2, 0) is 25.5 Å². The third kappa shape index (κ3) is 5.31. The molecular formula is C18H18F3NO5S. The molecule has 1 atom stereocenters. The first kappa shape index (κ1) is 21.9. The Morgan fingerprint density at radius 1 is 1.07 bits per heavy atom. The van der Waals surface area contributed by atoms with Gasteiger partial charge in [-0.05, 0) is 35.4 Å². The number of hydrogen-bond donors (Lipinski definition) is 1. The number of ether oxygens (including phenoxy) is 1. The van der Waals surface area contributed by atoms with Gasteiger partial charge < -0.3 is 4.74 Å². The second-order valence-electron chi connectivity index (χ2n) is 5.98. The number of carbonyl (C=O) groups is 1. The fourth-order valence-electron chi connectivity index (χ4n) is 2.54. The van der Waals surface area contributed by atoms with Crippen molar-refractivity contribution in [3.63, 3.8) is 0 Å². The van der Waals surface area contributed by atoms with Crippen LogP contribution in [0.2, 0.25) is 0 Å². The number of halogens is 3. The van der Waals surface area contributed by atoms with Crippen molar-refractivity contribution in [3.8, 4) is 11.1 Å². The highest BCUT2D eigenvalue weighted by atomic mass is 32.2. The van der Waals surface area contributed by atoms with Crippen molar-refractivity contribution in [2.45, 2.75) is 17.1 Å². The SMILES string of the molecule is COCC(CS(=O)(=O)c1ccc(-c2ccc(C(F)(F)F)cc2)cc1)N(O)C=O. The number of carbonyl (C=O) groups excluding carboxylic acids is 1. The van der Waals surface area contributed by atoms with Crippen molar-refractivity contribution in [1.82, 2.24) is 5.06 Å². The summed E-state index contributed by atoms with van der Waals surface area (Å²) in [5.74, 6) is -0.560. The number of sulfone groups is 1. The van der Waals surface area contributed by atoms with E-state index in [0.29, 0.717) is 11.1 Å². The van der Waals surface area contributed by atoms with Crippen molar-refractivity contribution in [1.29, 1.82) is 0 Å².